The molecular formula is C22H25N2S+. The Bertz CT molecular complexity index is 953. The van der Waals surface area contributed by atoms with E-state index in [0.717, 1.165) is 13.0 Å². The van der Waals surface area contributed by atoms with Gasteiger partial charge in [-0.3, -0.25) is 0 Å². The minimum absolute atomic E-state index is 1.12. The SMILES string of the molecule is CC[NH+]1CCc2nc3sc4c(c3c(-c3ccc(C)cc3)c2C1)CCC4. The van der Waals surface area contributed by atoms with Crippen LogP contribution in [-0.2, 0) is 25.8 Å². The molecule has 0 saturated carbocycles. The second kappa shape index (κ2) is 5.93. The molecule has 0 bridgehead atoms. The highest BCUT2D eigenvalue weighted by Crippen LogP contribution is 2.44. The highest BCUT2D eigenvalue weighted by atomic mass is 32.1. The van der Waals surface area contributed by atoms with Crippen molar-refractivity contribution in [1.29, 1.82) is 0 Å². The van der Waals surface area contributed by atoms with Crippen LogP contribution in [0.25, 0.3) is 21.3 Å². The topological polar surface area (TPSA) is 17.3 Å². The van der Waals surface area contributed by atoms with Crippen LogP contribution in [0.1, 0.15) is 40.6 Å². The molecule has 0 radical (unpaired) electrons. The van der Waals surface area contributed by atoms with Gasteiger partial charge in [-0.25, -0.2) is 4.98 Å². The normalized spacial score (nSPS) is 19.2. The maximum atomic E-state index is 5.16. The van der Waals surface area contributed by atoms with Gasteiger partial charge in [0.1, 0.15) is 11.4 Å². The van der Waals surface area contributed by atoms with Gasteiger partial charge in [0.2, 0.25) is 0 Å². The molecule has 3 aromatic rings. The Morgan fingerprint density at radius 1 is 1.08 bits per heavy atom. The third-order valence-corrected chi connectivity index (χ3v) is 7.21. The minimum atomic E-state index is 1.12. The molecule has 1 N–H and O–H groups in total. The Kier molecular flexibility index (Phi) is 3.68. The number of rotatable bonds is 2. The molecule has 2 aliphatic rings. The fourth-order valence-electron chi connectivity index (χ4n) is 4.58. The summed E-state index contributed by atoms with van der Waals surface area (Å²) in [4.78, 5) is 9.73. The van der Waals surface area contributed by atoms with Gasteiger partial charge < -0.3 is 4.90 Å². The minimum Gasteiger partial charge on any atom is -0.331 e. The number of aryl methyl sites for hydroxylation is 3. The van der Waals surface area contributed by atoms with Crippen LogP contribution in [0.4, 0.5) is 0 Å². The molecule has 1 atom stereocenters. The van der Waals surface area contributed by atoms with E-state index in [9.17, 15) is 0 Å². The standard InChI is InChI=1S/C22H24N2S/c1-3-24-12-11-18-17(13-24)20(15-9-7-14(2)8-10-15)21-16-5-4-6-19(16)25-22(21)23-18/h7-10H,3-6,11-13H2,1-2H3/p+1. The summed E-state index contributed by atoms with van der Waals surface area (Å²) in [7, 11) is 0. The van der Waals surface area contributed by atoms with Crippen LogP contribution in [0.2, 0.25) is 0 Å². The Morgan fingerprint density at radius 3 is 2.72 bits per heavy atom. The zero-order chi connectivity index (χ0) is 17.0. The number of nitrogens with one attached hydrogen (secondary N) is 1. The first-order valence-electron chi connectivity index (χ1n) is 9.61. The summed E-state index contributed by atoms with van der Waals surface area (Å²) < 4.78 is 0. The number of aromatic nitrogens is 1. The number of nitrogens with zero attached hydrogens (tertiary/aromatic N) is 1. The number of pyridine rings is 1. The second-order valence-electron chi connectivity index (χ2n) is 7.60. The highest BCUT2D eigenvalue weighted by Gasteiger charge is 2.29. The van der Waals surface area contributed by atoms with Crippen LogP contribution >= 0.6 is 11.3 Å². The smallest absolute Gasteiger partial charge is 0.124 e. The van der Waals surface area contributed by atoms with Crippen molar-refractivity contribution in [1.82, 2.24) is 4.98 Å². The Balaban J connectivity index is 1.83. The molecule has 0 amide bonds. The number of hydrogen-bond donors (Lipinski definition) is 1. The van der Waals surface area contributed by atoms with E-state index in [1.54, 1.807) is 15.3 Å². The lowest BCUT2D eigenvalue weighted by Crippen LogP contribution is -3.11. The van der Waals surface area contributed by atoms with E-state index in [4.69, 9.17) is 4.98 Å². The van der Waals surface area contributed by atoms with Crippen LogP contribution < -0.4 is 4.90 Å². The van der Waals surface area contributed by atoms with Gasteiger partial charge in [-0.1, -0.05) is 29.8 Å². The maximum absolute atomic E-state index is 5.16. The Morgan fingerprint density at radius 2 is 1.92 bits per heavy atom. The summed E-state index contributed by atoms with van der Waals surface area (Å²) in [6.07, 6.45) is 4.92. The molecule has 0 fully saturated rings. The van der Waals surface area contributed by atoms with Crippen molar-refractivity contribution >= 4 is 21.6 Å². The fraction of sp³-hybridized carbons (Fsp3) is 0.409. The lowest BCUT2D eigenvalue weighted by Gasteiger charge is -2.27. The molecule has 3 heteroatoms. The van der Waals surface area contributed by atoms with E-state index in [-0.39, 0.29) is 0 Å². The molecule has 3 heterocycles. The molecule has 2 nitrogen and oxygen atoms in total. The van der Waals surface area contributed by atoms with Crippen molar-refractivity contribution in [3.63, 3.8) is 0 Å². The summed E-state index contributed by atoms with van der Waals surface area (Å²) in [5, 5.41) is 1.48. The van der Waals surface area contributed by atoms with Crippen LogP contribution in [0, 0.1) is 6.92 Å². The largest absolute Gasteiger partial charge is 0.331 e. The average Bonchev–Trinajstić information content (AvgIpc) is 3.21. The third-order valence-electron chi connectivity index (χ3n) is 6.02. The number of benzene rings is 1. The molecule has 0 saturated heterocycles. The number of hydrogen-bond acceptors (Lipinski definition) is 2. The Labute approximate surface area is 153 Å². The van der Waals surface area contributed by atoms with Crippen molar-refractivity contribution < 1.29 is 4.90 Å². The second-order valence-corrected chi connectivity index (χ2v) is 8.68. The lowest BCUT2D eigenvalue weighted by molar-refractivity contribution is -0.914. The van der Waals surface area contributed by atoms with Gasteiger partial charge in [0.25, 0.3) is 0 Å². The van der Waals surface area contributed by atoms with Crippen molar-refractivity contribution in [2.24, 2.45) is 0 Å². The van der Waals surface area contributed by atoms with E-state index in [1.807, 2.05) is 11.3 Å². The van der Waals surface area contributed by atoms with Gasteiger partial charge in [-0.2, -0.15) is 0 Å². The number of thiophene rings is 1. The summed E-state index contributed by atoms with van der Waals surface area (Å²) in [6.45, 7) is 8.03. The molecule has 1 aliphatic heterocycles. The van der Waals surface area contributed by atoms with Gasteiger partial charge >= 0.3 is 0 Å². The molecule has 1 aromatic carbocycles. The molecule has 0 spiro atoms. The van der Waals surface area contributed by atoms with Gasteiger partial charge in [0.05, 0.1) is 18.8 Å². The summed E-state index contributed by atoms with van der Waals surface area (Å²) in [5.41, 5.74) is 8.71. The molecule has 5 rings (SSSR count). The molecule has 1 aliphatic carbocycles. The number of likely N-dealkylation sites (N-methyl/N-ethyl adjacent to an activating group) is 1. The van der Waals surface area contributed by atoms with Gasteiger partial charge in [-0.15, -0.1) is 11.3 Å². The monoisotopic (exact) mass is 349 g/mol. The number of quaternary nitrogens is 1. The lowest BCUT2D eigenvalue weighted by atomic mass is 9.90. The predicted octanol–water partition coefficient (Wildman–Crippen LogP) is 3.72. The average molecular weight is 350 g/mol. The zero-order valence-corrected chi connectivity index (χ0v) is 15.9. The van der Waals surface area contributed by atoms with Crippen LogP contribution in [-0.4, -0.2) is 18.1 Å². The first-order valence-corrected chi connectivity index (χ1v) is 10.4. The van der Waals surface area contributed by atoms with Crippen molar-refractivity contribution in [3.05, 3.63) is 51.5 Å². The van der Waals surface area contributed by atoms with Gasteiger partial charge in [0.15, 0.2) is 0 Å². The van der Waals surface area contributed by atoms with Crippen molar-refractivity contribution in [2.75, 3.05) is 13.1 Å². The van der Waals surface area contributed by atoms with Crippen LogP contribution in [0.15, 0.2) is 24.3 Å². The summed E-state index contributed by atoms with van der Waals surface area (Å²) >= 11 is 1.96. The van der Waals surface area contributed by atoms with Crippen LogP contribution in [0.3, 0.4) is 0 Å². The fourth-order valence-corrected chi connectivity index (χ4v) is 5.87. The first-order chi connectivity index (χ1) is 12.2. The quantitative estimate of drug-likeness (QED) is 0.746. The number of fused-ring (bicyclic) bond motifs is 4. The van der Waals surface area contributed by atoms with Crippen molar-refractivity contribution in [2.45, 2.75) is 46.1 Å². The zero-order valence-electron chi connectivity index (χ0n) is 15.1. The van der Waals surface area contributed by atoms with E-state index >= 15 is 0 Å². The maximum Gasteiger partial charge on any atom is 0.124 e. The van der Waals surface area contributed by atoms with Crippen LogP contribution in [0.5, 0.6) is 0 Å². The summed E-state index contributed by atoms with van der Waals surface area (Å²) in [5.74, 6) is 0. The molecule has 128 valence electrons. The molecule has 1 unspecified atom stereocenters. The summed E-state index contributed by atoms with van der Waals surface area (Å²) in [6, 6.07) is 9.16. The third kappa shape index (κ3) is 2.44. The van der Waals surface area contributed by atoms with Gasteiger partial charge in [0, 0.05) is 27.8 Å². The van der Waals surface area contributed by atoms with E-state index in [0.29, 0.717) is 0 Å². The highest BCUT2D eigenvalue weighted by molar-refractivity contribution is 7.19. The molecular weight excluding hydrogens is 324 g/mol. The van der Waals surface area contributed by atoms with Gasteiger partial charge in [-0.05, 0) is 44.2 Å². The van der Waals surface area contributed by atoms with E-state index in [2.05, 4.69) is 38.1 Å². The van der Waals surface area contributed by atoms with E-state index in [1.165, 1.54) is 70.5 Å². The Hall–Kier alpha value is -1.71. The molecule has 2 aromatic heterocycles. The van der Waals surface area contributed by atoms with E-state index < -0.39 is 0 Å². The van der Waals surface area contributed by atoms with Crippen molar-refractivity contribution in [3.8, 4) is 11.1 Å². The first kappa shape index (κ1) is 15.5. The molecule has 25 heavy (non-hydrogen) atoms. The predicted molar refractivity (Wildman–Crippen MR) is 106 cm³/mol.